The average molecular weight is 204 g/mol. The maximum Gasteiger partial charge on any atom is 0.166 e. The summed E-state index contributed by atoms with van der Waals surface area (Å²) in [5.41, 5.74) is 7.55. The van der Waals surface area contributed by atoms with Crippen molar-refractivity contribution in [3.05, 3.63) is 18.0 Å². The van der Waals surface area contributed by atoms with Crippen molar-refractivity contribution in [3.63, 3.8) is 0 Å². The Morgan fingerprint density at radius 2 is 2.27 bits per heavy atom. The minimum atomic E-state index is 0.00533. The van der Waals surface area contributed by atoms with Crippen LogP contribution in [0.2, 0.25) is 0 Å². The number of pyridine rings is 1. The van der Waals surface area contributed by atoms with Crippen LogP contribution in [0.5, 0.6) is 0 Å². The van der Waals surface area contributed by atoms with Crippen molar-refractivity contribution in [1.82, 2.24) is 14.8 Å². The molecule has 0 amide bonds. The van der Waals surface area contributed by atoms with E-state index >= 15 is 0 Å². The van der Waals surface area contributed by atoms with Crippen LogP contribution < -0.4 is 5.73 Å². The number of carbonyl (C=O) groups excluding carboxylic acids is 1. The fraction of sp³-hybridized carbons (Fsp3) is 0.300. The number of fused-ring (bicyclic) bond motifs is 1. The Hall–Kier alpha value is -1.91. The van der Waals surface area contributed by atoms with Crippen molar-refractivity contribution in [3.8, 4) is 0 Å². The van der Waals surface area contributed by atoms with Crippen LogP contribution in [0.25, 0.3) is 11.0 Å². The van der Waals surface area contributed by atoms with Crippen LogP contribution in [0.4, 0.5) is 5.69 Å². The first-order chi connectivity index (χ1) is 7.15. The SMILES string of the molecule is CCC(=O)c1cnc2c(cnn2C)c1N. The first-order valence-electron chi connectivity index (χ1n) is 4.74. The smallest absolute Gasteiger partial charge is 0.166 e. The molecule has 0 saturated carbocycles. The van der Waals surface area contributed by atoms with Crippen LogP contribution in [-0.4, -0.2) is 20.5 Å². The highest BCUT2D eigenvalue weighted by atomic mass is 16.1. The molecule has 0 bridgehead atoms. The van der Waals surface area contributed by atoms with E-state index in [2.05, 4.69) is 10.1 Å². The van der Waals surface area contributed by atoms with Gasteiger partial charge in [0.15, 0.2) is 11.4 Å². The van der Waals surface area contributed by atoms with Crippen molar-refractivity contribution in [2.45, 2.75) is 13.3 Å². The van der Waals surface area contributed by atoms with E-state index in [9.17, 15) is 4.79 Å². The van der Waals surface area contributed by atoms with Gasteiger partial charge in [0, 0.05) is 19.7 Å². The summed E-state index contributed by atoms with van der Waals surface area (Å²) < 4.78 is 1.63. The second kappa shape index (κ2) is 3.34. The molecule has 2 N–H and O–H groups in total. The third-order valence-electron chi connectivity index (χ3n) is 2.43. The normalized spacial score (nSPS) is 10.8. The second-order valence-corrected chi connectivity index (χ2v) is 3.37. The Labute approximate surface area is 86.9 Å². The number of rotatable bonds is 2. The predicted molar refractivity (Wildman–Crippen MR) is 57.5 cm³/mol. The number of Topliss-reactive ketones (excluding diaryl/α,β-unsaturated/α-hetero) is 1. The number of ketones is 1. The first-order valence-corrected chi connectivity index (χ1v) is 4.74. The first kappa shape index (κ1) is 9.64. The molecule has 0 aliphatic carbocycles. The topological polar surface area (TPSA) is 73.8 Å². The predicted octanol–water partition coefficient (Wildman–Crippen LogP) is 1.14. The van der Waals surface area contributed by atoms with E-state index in [-0.39, 0.29) is 5.78 Å². The minimum absolute atomic E-state index is 0.00533. The molecule has 0 aromatic carbocycles. The highest BCUT2D eigenvalue weighted by molar-refractivity contribution is 6.06. The number of aromatic nitrogens is 3. The van der Waals surface area contributed by atoms with Crippen LogP contribution in [0.3, 0.4) is 0 Å². The third kappa shape index (κ3) is 1.36. The molecule has 0 aliphatic rings. The van der Waals surface area contributed by atoms with Crippen molar-refractivity contribution in [2.24, 2.45) is 7.05 Å². The summed E-state index contributed by atoms with van der Waals surface area (Å²) in [7, 11) is 1.79. The van der Waals surface area contributed by atoms with E-state index in [1.807, 2.05) is 0 Å². The number of hydrogen-bond acceptors (Lipinski definition) is 4. The van der Waals surface area contributed by atoms with Gasteiger partial charge in [-0.05, 0) is 0 Å². The summed E-state index contributed by atoms with van der Waals surface area (Å²) in [5, 5.41) is 4.78. The molecule has 5 nitrogen and oxygen atoms in total. The Bertz CT molecular complexity index is 529. The molecule has 0 spiro atoms. The third-order valence-corrected chi connectivity index (χ3v) is 2.43. The van der Waals surface area contributed by atoms with E-state index < -0.39 is 0 Å². The van der Waals surface area contributed by atoms with Crippen molar-refractivity contribution in [2.75, 3.05) is 5.73 Å². The molecule has 2 aromatic heterocycles. The van der Waals surface area contributed by atoms with Crippen molar-refractivity contribution in [1.29, 1.82) is 0 Å². The van der Waals surface area contributed by atoms with E-state index in [4.69, 9.17) is 5.73 Å². The van der Waals surface area contributed by atoms with E-state index in [1.165, 1.54) is 6.20 Å². The number of anilines is 1. The highest BCUT2D eigenvalue weighted by Gasteiger charge is 2.13. The molecule has 2 rings (SSSR count). The fourth-order valence-electron chi connectivity index (χ4n) is 1.53. The van der Waals surface area contributed by atoms with Gasteiger partial charge < -0.3 is 5.73 Å². The summed E-state index contributed by atoms with van der Waals surface area (Å²) in [6.45, 7) is 1.80. The highest BCUT2D eigenvalue weighted by Crippen LogP contribution is 2.22. The van der Waals surface area contributed by atoms with Gasteiger partial charge in [0.2, 0.25) is 0 Å². The molecular formula is C10H12N4O. The molecule has 78 valence electrons. The molecule has 5 heteroatoms. The summed E-state index contributed by atoms with van der Waals surface area (Å²) in [6.07, 6.45) is 3.58. The maximum atomic E-state index is 11.5. The molecule has 0 fully saturated rings. The standard InChI is InChI=1S/C10H12N4O/c1-3-8(15)6-4-12-10-7(9(6)11)5-13-14(10)2/h4-5H,3H2,1-2H3,(H2,11,12). The van der Waals surface area contributed by atoms with Gasteiger partial charge in [-0.25, -0.2) is 4.98 Å². The van der Waals surface area contributed by atoms with Gasteiger partial charge >= 0.3 is 0 Å². The average Bonchev–Trinajstić information content (AvgIpc) is 2.61. The van der Waals surface area contributed by atoms with Gasteiger partial charge in [-0.15, -0.1) is 0 Å². The molecule has 0 radical (unpaired) electrons. The maximum absolute atomic E-state index is 11.5. The van der Waals surface area contributed by atoms with E-state index in [0.29, 0.717) is 23.3 Å². The van der Waals surface area contributed by atoms with Gasteiger partial charge in [-0.2, -0.15) is 5.10 Å². The minimum Gasteiger partial charge on any atom is -0.397 e. The molecule has 2 aromatic rings. The lowest BCUT2D eigenvalue weighted by molar-refractivity contribution is 0.0989. The van der Waals surface area contributed by atoms with Crippen molar-refractivity contribution < 1.29 is 4.79 Å². The number of hydrogen-bond donors (Lipinski definition) is 1. The van der Waals surface area contributed by atoms with Crippen LogP contribution in [0.15, 0.2) is 12.4 Å². The summed E-state index contributed by atoms with van der Waals surface area (Å²) in [4.78, 5) is 15.7. The lowest BCUT2D eigenvalue weighted by atomic mass is 10.1. The Morgan fingerprint density at radius 1 is 1.53 bits per heavy atom. The van der Waals surface area contributed by atoms with E-state index in [0.717, 1.165) is 5.39 Å². The zero-order chi connectivity index (χ0) is 11.0. The molecule has 2 heterocycles. The van der Waals surface area contributed by atoms with Crippen LogP contribution in [0, 0.1) is 0 Å². The van der Waals surface area contributed by atoms with Gasteiger partial charge in [-0.1, -0.05) is 6.92 Å². The van der Waals surface area contributed by atoms with Crippen LogP contribution in [-0.2, 0) is 7.05 Å². The Balaban J connectivity index is 2.71. The number of nitrogens with two attached hydrogens (primary N) is 1. The van der Waals surface area contributed by atoms with E-state index in [1.54, 1.807) is 24.9 Å². The largest absolute Gasteiger partial charge is 0.397 e. The summed E-state index contributed by atoms with van der Waals surface area (Å²) in [5.74, 6) is 0.00533. The molecule has 0 saturated heterocycles. The van der Waals surface area contributed by atoms with Gasteiger partial charge in [0.25, 0.3) is 0 Å². The quantitative estimate of drug-likeness (QED) is 0.744. The number of nitrogen functional groups attached to an aromatic ring is 1. The molecule has 15 heavy (non-hydrogen) atoms. The Morgan fingerprint density at radius 3 is 2.93 bits per heavy atom. The zero-order valence-corrected chi connectivity index (χ0v) is 8.69. The monoisotopic (exact) mass is 204 g/mol. The molecule has 0 unspecified atom stereocenters. The summed E-state index contributed by atoms with van der Waals surface area (Å²) >= 11 is 0. The van der Waals surface area contributed by atoms with Crippen LogP contribution >= 0.6 is 0 Å². The number of nitrogens with zero attached hydrogens (tertiary/aromatic N) is 3. The van der Waals surface area contributed by atoms with Gasteiger partial charge in [-0.3, -0.25) is 9.48 Å². The van der Waals surface area contributed by atoms with Gasteiger partial charge in [0.05, 0.1) is 22.8 Å². The van der Waals surface area contributed by atoms with Crippen molar-refractivity contribution >= 4 is 22.5 Å². The van der Waals surface area contributed by atoms with Crippen LogP contribution in [0.1, 0.15) is 23.7 Å². The van der Waals surface area contributed by atoms with Gasteiger partial charge in [0.1, 0.15) is 0 Å². The fourth-order valence-corrected chi connectivity index (χ4v) is 1.53. The zero-order valence-electron chi connectivity index (χ0n) is 8.69. The number of carbonyl (C=O) groups is 1. The number of aryl methyl sites for hydroxylation is 1. The molecular weight excluding hydrogens is 192 g/mol. The molecule has 0 aliphatic heterocycles. The lowest BCUT2D eigenvalue weighted by Crippen LogP contribution is -2.04. The molecule has 0 atom stereocenters. The Kier molecular flexibility index (Phi) is 2.15. The lowest BCUT2D eigenvalue weighted by Gasteiger charge is -2.03. The second-order valence-electron chi connectivity index (χ2n) is 3.37. The summed E-state index contributed by atoms with van der Waals surface area (Å²) in [6, 6.07) is 0.